The monoisotopic (exact) mass is 1240 g/mol. The van der Waals surface area contributed by atoms with E-state index in [1.165, 1.54) is 62.9 Å². The summed E-state index contributed by atoms with van der Waals surface area (Å²) in [6.07, 6.45) is 3.84. The van der Waals surface area contributed by atoms with E-state index in [0.29, 0.717) is 41.9 Å². The van der Waals surface area contributed by atoms with Crippen molar-refractivity contribution in [2.45, 2.75) is 115 Å². The second kappa shape index (κ2) is 31.4. The molecule has 0 radical (unpaired) electrons. The number of amides is 6. The van der Waals surface area contributed by atoms with Crippen molar-refractivity contribution >= 4 is 63.9 Å². The Morgan fingerprint density at radius 1 is 0.689 bits per heavy atom. The number of esters is 2. The number of nitrogens with one attached hydrogen (secondary N) is 2. The third-order valence-electron chi connectivity index (χ3n) is 15.8. The Hall–Kier alpha value is -9.11. The predicted molar refractivity (Wildman–Crippen MR) is 336 cm³/mol. The Morgan fingerprint density at radius 3 is 2.11 bits per heavy atom. The minimum atomic E-state index is -1.52. The number of aryl methyl sites for hydroxylation is 1. The molecule has 1 fully saturated rings. The van der Waals surface area contributed by atoms with Crippen LogP contribution in [0.5, 0.6) is 17.2 Å². The molecule has 6 amide bonds. The lowest BCUT2D eigenvalue weighted by molar-refractivity contribution is -0.165. The summed E-state index contributed by atoms with van der Waals surface area (Å²) in [5.41, 5.74) is 0.125. The number of likely N-dealkylation sites (N-methyl/N-ethyl adjacent to an activating group) is 3. The van der Waals surface area contributed by atoms with Crippen LogP contribution in [0, 0.1) is 5.41 Å². The fraction of sp³-hybridized carbons (Fsp3) is 0.435. The van der Waals surface area contributed by atoms with Crippen molar-refractivity contribution in [2.75, 3.05) is 74.8 Å². The van der Waals surface area contributed by atoms with E-state index in [-0.39, 0.29) is 51.1 Å². The number of hydrogen-bond acceptors (Lipinski definition) is 15. The van der Waals surface area contributed by atoms with Crippen LogP contribution in [0.4, 0.5) is 0 Å². The number of carbonyl (C=O) groups excluding carboxylic acids is 9. The summed E-state index contributed by atoms with van der Waals surface area (Å²) in [6.45, 7) is 6.67. The number of carbonyl (C=O) groups is 9. The summed E-state index contributed by atoms with van der Waals surface area (Å²) in [7, 11) is 7.42. The Labute approximate surface area is 526 Å². The van der Waals surface area contributed by atoms with Gasteiger partial charge < -0.3 is 58.7 Å². The van der Waals surface area contributed by atoms with Crippen molar-refractivity contribution < 1.29 is 71.6 Å². The molecule has 0 spiro atoms. The summed E-state index contributed by atoms with van der Waals surface area (Å²) in [5, 5.41) is 7.60. The van der Waals surface area contributed by atoms with Gasteiger partial charge in [0.15, 0.2) is 18.1 Å². The lowest BCUT2D eigenvalue weighted by Gasteiger charge is -2.36. The molecule has 2 heterocycles. The molecular weight excluding hydrogens is 1150 g/mol. The fourth-order valence-corrected chi connectivity index (χ4v) is 10.5. The van der Waals surface area contributed by atoms with Crippen LogP contribution in [0.15, 0.2) is 127 Å². The molecular formula is C69H84N6O15. The summed E-state index contributed by atoms with van der Waals surface area (Å²) in [5.74, 6) is -5.33. The highest BCUT2D eigenvalue weighted by Gasteiger charge is 2.43. The first-order chi connectivity index (χ1) is 42.9. The van der Waals surface area contributed by atoms with Gasteiger partial charge in [-0.1, -0.05) is 97.1 Å². The van der Waals surface area contributed by atoms with E-state index < -0.39 is 114 Å². The molecule has 90 heavy (non-hydrogen) atoms. The Bertz CT molecular complexity index is 3420. The van der Waals surface area contributed by atoms with Gasteiger partial charge >= 0.3 is 11.9 Å². The minimum absolute atomic E-state index is 0.0431. The quantitative estimate of drug-likeness (QED) is 0.105. The van der Waals surface area contributed by atoms with Crippen LogP contribution in [-0.4, -0.2) is 171 Å². The first kappa shape index (κ1) is 68.4. The van der Waals surface area contributed by atoms with Gasteiger partial charge in [-0.2, -0.15) is 0 Å². The van der Waals surface area contributed by atoms with Crippen molar-refractivity contribution in [1.82, 2.24) is 30.2 Å². The number of piperidine rings is 1. The number of ether oxygens (including phenoxy) is 6. The first-order valence-corrected chi connectivity index (χ1v) is 30.2. The van der Waals surface area contributed by atoms with Gasteiger partial charge in [-0.05, 0) is 130 Å². The van der Waals surface area contributed by atoms with E-state index in [4.69, 9.17) is 28.4 Å². The molecule has 0 aliphatic carbocycles. The van der Waals surface area contributed by atoms with E-state index in [2.05, 4.69) is 10.6 Å². The van der Waals surface area contributed by atoms with Crippen molar-refractivity contribution in [1.29, 1.82) is 0 Å². The maximum atomic E-state index is 15.0. The zero-order valence-electron chi connectivity index (χ0n) is 53.1. The van der Waals surface area contributed by atoms with Crippen molar-refractivity contribution in [3.05, 3.63) is 150 Å². The van der Waals surface area contributed by atoms with Gasteiger partial charge in [0.2, 0.25) is 29.4 Å². The molecule has 21 heteroatoms. The lowest BCUT2D eigenvalue weighted by atomic mass is 9.87. The highest BCUT2D eigenvalue weighted by Crippen LogP contribution is 2.33. The molecule has 2 aliphatic heterocycles. The van der Waals surface area contributed by atoms with Crippen LogP contribution >= 0.6 is 0 Å². The normalized spacial score (nSPS) is 21.3. The molecule has 1 unspecified atom stereocenters. The molecule has 0 aromatic heterocycles. The number of ketones is 1. The van der Waals surface area contributed by atoms with Gasteiger partial charge in [-0.15, -0.1) is 0 Å². The van der Waals surface area contributed by atoms with Crippen LogP contribution in [0.25, 0.3) is 10.8 Å². The second-order valence-corrected chi connectivity index (χ2v) is 24.3. The lowest BCUT2D eigenvalue weighted by Crippen LogP contribution is -2.58. The highest BCUT2D eigenvalue weighted by molar-refractivity contribution is 6.38. The smallest absolute Gasteiger partial charge is 0.330 e. The predicted octanol–water partition coefficient (Wildman–Crippen LogP) is 7.08. The number of nitrogens with zero attached hydrogens (tertiary/aromatic N) is 4. The number of cyclic esters (lactones) is 2. The number of benzene rings is 5. The second-order valence-electron chi connectivity index (χ2n) is 24.3. The topological polar surface area (TPSA) is 246 Å². The SMILES string of the molecule is COc1ccc(CC[C@H]2OC(=O)[C@@H]3CCCCN3C(=O)C(=O)C(C)(C)COC(=O)C=CCCN(C)C(=O)[C@H](Cc3ccc4ccccc4c3)NC(=O)[C@H](COC(C)(C)C)N(C)C(=O)C(c3ccccc3)NC(=O)CN(C)C(=O)COc3cccc2c3)cc1OC. The third-order valence-corrected chi connectivity index (χ3v) is 15.8. The van der Waals surface area contributed by atoms with E-state index in [1.54, 1.807) is 88.5 Å². The first-order valence-electron chi connectivity index (χ1n) is 30.2. The molecule has 2 bridgehead atoms. The van der Waals surface area contributed by atoms with Gasteiger partial charge in [0.05, 0.1) is 38.4 Å². The van der Waals surface area contributed by atoms with Crippen LogP contribution in [0.2, 0.25) is 0 Å². The zero-order chi connectivity index (χ0) is 65.3. The summed E-state index contributed by atoms with van der Waals surface area (Å²) < 4.78 is 35.0. The Balaban J connectivity index is 1.20. The summed E-state index contributed by atoms with van der Waals surface area (Å²) in [4.78, 5) is 133. The van der Waals surface area contributed by atoms with Gasteiger partial charge in [0, 0.05) is 46.7 Å². The van der Waals surface area contributed by atoms with Crippen molar-refractivity contribution in [2.24, 2.45) is 5.41 Å². The van der Waals surface area contributed by atoms with Gasteiger partial charge in [-0.3, -0.25) is 33.6 Å². The standard InChI is InChI=1S/C69H84N6O15/c1-68(2,3)89-42-54-63(80)70-52(38-46-29-32-47-21-14-15-24-49(47)37-46)64(81)72(6)35-18-17-28-60(78)88-44-69(4,5)62(79)66(83)75-36-19-16-27-53(75)67(84)90-55(33-30-45-31-34-56(85-9)57(39-45)86-10)50-25-20-26-51(40-50)87-43-59(77)73(7)41-58(76)71-61(65(82)74(54)8)48-22-12-11-13-23-48/h11-15,17,20-26,28-29,31-32,34,37,39-40,52-55,61H,16,18-19,27,30,33,35-36,38,41-44H2,1-10H3,(H,70,80)(H,71,76)/t52-,53-,54-,55+,61?/m0/s1. The molecule has 2 N–H and O–H groups in total. The largest absolute Gasteiger partial charge is 0.493 e. The maximum Gasteiger partial charge on any atom is 0.330 e. The number of Topliss-reactive ketones (excluding diaryl/α,β-unsaturated/α-hetero) is 1. The van der Waals surface area contributed by atoms with E-state index in [9.17, 15) is 43.2 Å². The molecule has 5 aromatic carbocycles. The average molecular weight is 1240 g/mol. The Kier molecular flexibility index (Phi) is 23.8. The molecule has 480 valence electrons. The zero-order valence-corrected chi connectivity index (χ0v) is 53.1. The van der Waals surface area contributed by atoms with Gasteiger partial charge in [0.25, 0.3) is 11.8 Å². The molecule has 2 aliphatic rings. The molecule has 0 saturated carbocycles. The van der Waals surface area contributed by atoms with E-state index in [0.717, 1.165) is 32.9 Å². The highest BCUT2D eigenvalue weighted by atomic mass is 16.5. The van der Waals surface area contributed by atoms with Crippen molar-refractivity contribution in [3.8, 4) is 17.2 Å². The number of rotatable bonds is 10. The summed E-state index contributed by atoms with van der Waals surface area (Å²) >= 11 is 0. The van der Waals surface area contributed by atoms with E-state index >= 15 is 0 Å². The average Bonchev–Trinajstić information content (AvgIpc) is 1.21. The van der Waals surface area contributed by atoms with Crippen LogP contribution in [-0.2, 0) is 70.2 Å². The summed E-state index contributed by atoms with van der Waals surface area (Å²) in [6, 6.07) is 28.9. The van der Waals surface area contributed by atoms with E-state index in [1.807, 2.05) is 54.6 Å². The minimum Gasteiger partial charge on any atom is -0.493 e. The van der Waals surface area contributed by atoms with Crippen molar-refractivity contribution in [3.63, 3.8) is 0 Å². The van der Waals surface area contributed by atoms with Gasteiger partial charge in [0.1, 0.15) is 42.6 Å². The molecule has 1 saturated heterocycles. The number of methoxy groups -OCH3 is 2. The Morgan fingerprint density at radius 2 is 1.39 bits per heavy atom. The van der Waals surface area contributed by atoms with Crippen LogP contribution in [0.3, 0.4) is 0 Å². The third kappa shape index (κ3) is 18.7. The van der Waals surface area contributed by atoms with Crippen LogP contribution in [0.1, 0.15) is 101 Å². The maximum absolute atomic E-state index is 15.0. The number of fused-ring (bicyclic) bond motifs is 4. The molecule has 7 rings (SSSR count). The van der Waals surface area contributed by atoms with Crippen LogP contribution < -0.4 is 24.8 Å². The fourth-order valence-electron chi connectivity index (χ4n) is 10.5. The molecule has 5 atom stereocenters. The molecule has 21 nitrogen and oxygen atoms in total. The molecule has 5 aromatic rings. The number of hydrogen-bond donors (Lipinski definition) is 2. The van der Waals surface area contributed by atoms with Gasteiger partial charge in [-0.25, -0.2) is 9.59 Å².